The van der Waals surface area contributed by atoms with Crippen molar-refractivity contribution in [3.05, 3.63) is 135 Å². The van der Waals surface area contributed by atoms with Gasteiger partial charge in [0.1, 0.15) is 5.82 Å². The van der Waals surface area contributed by atoms with Crippen LogP contribution in [0.3, 0.4) is 0 Å². The van der Waals surface area contributed by atoms with Crippen molar-refractivity contribution in [3.63, 3.8) is 0 Å². The van der Waals surface area contributed by atoms with Crippen LogP contribution in [0.15, 0.2) is 89.7 Å². The summed E-state index contributed by atoms with van der Waals surface area (Å²) in [6, 6.07) is 27.5. The predicted octanol–water partition coefficient (Wildman–Crippen LogP) is 5.31. The first-order chi connectivity index (χ1) is 18.4. The zero-order valence-corrected chi connectivity index (χ0v) is 22.1. The van der Waals surface area contributed by atoms with E-state index in [1.165, 1.54) is 0 Å². The van der Waals surface area contributed by atoms with Crippen LogP contribution in [0.4, 0.5) is 0 Å². The van der Waals surface area contributed by atoms with E-state index in [4.69, 9.17) is 9.72 Å². The minimum Gasteiger partial charge on any atom is -0.459 e. The van der Waals surface area contributed by atoms with Gasteiger partial charge in [0.2, 0.25) is 0 Å². The summed E-state index contributed by atoms with van der Waals surface area (Å²) >= 11 is 0. The molecule has 1 aliphatic heterocycles. The van der Waals surface area contributed by atoms with Gasteiger partial charge in [-0.2, -0.15) is 0 Å². The Labute approximate surface area is 223 Å². The number of ether oxygens (including phenoxy) is 1. The maximum Gasteiger partial charge on any atom is 0.338 e. The standard InChI is InChI=1S/C32H33N3O3/c1-22(2)38-32(37)27-16-14-24(15-17-27)20-34-19-18-29-28(21-34)31(36)35(23(3)33-29)30(25-10-6-4-7-11-25)26-12-8-5-9-13-26/h4-17,22,30H,18-21H2,1-3H3. The summed E-state index contributed by atoms with van der Waals surface area (Å²) in [4.78, 5) is 33.4. The third-order valence-corrected chi connectivity index (χ3v) is 6.94. The molecule has 38 heavy (non-hydrogen) atoms. The molecule has 1 aliphatic rings. The molecule has 2 heterocycles. The van der Waals surface area contributed by atoms with Crippen molar-refractivity contribution < 1.29 is 9.53 Å². The van der Waals surface area contributed by atoms with Crippen LogP contribution in [0.1, 0.15) is 64.0 Å². The van der Waals surface area contributed by atoms with Gasteiger partial charge in [0, 0.05) is 26.1 Å². The average Bonchev–Trinajstić information content (AvgIpc) is 2.92. The first kappa shape index (κ1) is 25.6. The predicted molar refractivity (Wildman–Crippen MR) is 148 cm³/mol. The second-order valence-electron chi connectivity index (χ2n) is 10.1. The van der Waals surface area contributed by atoms with Gasteiger partial charge in [0.25, 0.3) is 5.56 Å². The van der Waals surface area contributed by atoms with Gasteiger partial charge in [-0.3, -0.25) is 14.3 Å². The molecule has 6 nitrogen and oxygen atoms in total. The third-order valence-electron chi connectivity index (χ3n) is 6.94. The Hall–Kier alpha value is -4.03. The molecule has 0 unspecified atom stereocenters. The number of aryl methyl sites for hydroxylation is 1. The van der Waals surface area contributed by atoms with E-state index in [2.05, 4.69) is 29.2 Å². The van der Waals surface area contributed by atoms with E-state index in [1.54, 1.807) is 12.1 Å². The normalized spacial score (nSPS) is 13.5. The Morgan fingerprint density at radius 2 is 1.53 bits per heavy atom. The molecule has 3 aromatic carbocycles. The first-order valence-corrected chi connectivity index (χ1v) is 13.1. The van der Waals surface area contributed by atoms with E-state index in [9.17, 15) is 9.59 Å². The molecule has 5 rings (SSSR count). The number of rotatable bonds is 7. The number of nitrogens with zero attached hydrogens (tertiary/aromatic N) is 3. The molecule has 4 aromatic rings. The highest BCUT2D eigenvalue weighted by Gasteiger charge is 2.27. The highest BCUT2D eigenvalue weighted by Crippen LogP contribution is 2.27. The molecule has 0 fully saturated rings. The molecular formula is C32H33N3O3. The number of carbonyl (C=O) groups is 1. The summed E-state index contributed by atoms with van der Waals surface area (Å²) in [5, 5.41) is 0. The number of fused-ring (bicyclic) bond motifs is 1. The van der Waals surface area contributed by atoms with Gasteiger partial charge in [0.15, 0.2) is 0 Å². The van der Waals surface area contributed by atoms with Crippen molar-refractivity contribution in [2.45, 2.75) is 52.4 Å². The van der Waals surface area contributed by atoms with Gasteiger partial charge in [-0.1, -0.05) is 72.8 Å². The van der Waals surface area contributed by atoms with Gasteiger partial charge in [0.05, 0.1) is 29.0 Å². The third kappa shape index (κ3) is 5.46. The van der Waals surface area contributed by atoms with Crippen LogP contribution in [0.2, 0.25) is 0 Å². The zero-order valence-electron chi connectivity index (χ0n) is 22.1. The average molecular weight is 508 g/mol. The highest BCUT2D eigenvalue weighted by molar-refractivity contribution is 5.89. The van der Waals surface area contributed by atoms with Crippen molar-refractivity contribution in [1.29, 1.82) is 0 Å². The van der Waals surface area contributed by atoms with Crippen molar-refractivity contribution in [3.8, 4) is 0 Å². The summed E-state index contributed by atoms with van der Waals surface area (Å²) in [6.45, 7) is 7.65. The first-order valence-electron chi connectivity index (χ1n) is 13.1. The molecule has 0 amide bonds. The largest absolute Gasteiger partial charge is 0.459 e. The lowest BCUT2D eigenvalue weighted by atomic mass is 9.97. The fourth-order valence-corrected chi connectivity index (χ4v) is 5.15. The Balaban J connectivity index is 1.43. The van der Waals surface area contributed by atoms with Crippen LogP contribution < -0.4 is 5.56 Å². The molecule has 0 N–H and O–H groups in total. The summed E-state index contributed by atoms with van der Waals surface area (Å²) in [6.07, 6.45) is 0.576. The molecule has 6 heteroatoms. The topological polar surface area (TPSA) is 64.4 Å². The summed E-state index contributed by atoms with van der Waals surface area (Å²) in [5.41, 5.74) is 5.40. The molecule has 0 saturated carbocycles. The van der Waals surface area contributed by atoms with Crippen LogP contribution in [0, 0.1) is 6.92 Å². The summed E-state index contributed by atoms with van der Waals surface area (Å²) < 4.78 is 7.14. The highest BCUT2D eigenvalue weighted by atomic mass is 16.5. The molecular weight excluding hydrogens is 474 g/mol. The number of carbonyl (C=O) groups excluding carboxylic acids is 1. The van der Waals surface area contributed by atoms with Crippen LogP contribution in [0.5, 0.6) is 0 Å². The number of hydrogen-bond acceptors (Lipinski definition) is 5. The lowest BCUT2D eigenvalue weighted by molar-refractivity contribution is 0.0378. The van der Waals surface area contributed by atoms with Gasteiger partial charge in [-0.05, 0) is 49.6 Å². The van der Waals surface area contributed by atoms with E-state index in [1.807, 2.05) is 73.9 Å². The van der Waals surface area contributed by atoms with Crippen LogP contribution in [-0.2, 0) is 24.2 Å². The minimum absolute atomic E-state index is 0.0154. The minimum atomic E-state index is -0.313. The quantitative estimate of drug-likeness (QED) is 0.317. The van der Waals surface area contributed by atoms with Crippen LogP contribution >= 0.6 is 0 Å². The Morgan fingerprint density at radius 1 is 0.921 bits per heavy atom. The summed E-state index contributed by atoms with van der Waals surface area (Å²) in [7, 11) is 0. The number of hydrogen-bond donors (Lipinski definition) is 0. The zero-order chi connectivity index (χ0) is 26.6. The Kier molecular flexibility index (Phi) is 7.52. The van der Waals surface area contributed by atoms with Gasteiger partial charge in [-0.25, -0.2) is 9.78 Å². The van der Waals surface area contributed by atoms with Crippen molar-refractivity contribution >= 4 is 5.97 Å². The number of aromatic nitrogens is 2. The molecule has 0 spiro atoms. The van der Waals surface area contributed by atoms with Crippen molar-refractivity contribution in [2.75, 3.05) is 6.54 Å². The van der Waals surface area contributed by atoms with E-state index in [0.717, 1.165) is 46.7 Å². The van der Waals surface area contributed by atoms with E-state index < -0.39 is 0 Å². The lowest BCUT2D eigenvalue weighted by Gasteiger charge is -2.30. The van der Waals surface area contributed by atoms with Gasteiger partial charge < -0.3 is 4.74 Å². The lowest BCUT2D eigenvalue weighted by Crippen LogP contribution is -2.40. The second-order valence-corrected chi connectivity index (χ2v) is 10.1. The SMILES string of the molecule is Cc1nc2c(c(=O)n1C(c1ccccc1)c1ccccc1)CN(Cc1ccc(C(=O)OC(C)C)cc1)CC2. The maximum atomic E-state index is 14.1. The van der Waals surface area contributed by atoms with Gasteiger partial charge in [-0.15, -0.1) is 0 Å². The monoisotopic (exact) mass is 507 g/mol. The molecule has 194 valence electrons. The van der Waals surface area contributed by atoms with Gasteiger partial charge >= 0.3 is 5.97 Å². The maximum absolute atomic E-state index is 14.1. The van der Waals surface area contributed by atoms with Crippen LogP contribution in [-0.4, -0.2) is 33.1 Å². The van der Waals surface area contributed by atoms with Crippen molar-refractivity contribution in [2.24, 2.45) is 0 Å². The fourth-order valence-electron chi connectivity index (χ4n) is 5.15. The molecule has 0 aliphatic carbocycles. The van der Waals surface area contributed by atoms with Crippen molar-refractivity contribution in [1.82, 2.24) is 14.5 Å². The van der Waals surface area contributed by atoms with E-state index >= 15 is 0 Å². The molecule has 0 radical (unpaired) electrons. The molecule has 1 aromatic heterocycles. The Bertz CT molecular complexity index is 1420. The fraction of sp³-hybridized carbons (Fsp3) is 0.281. The molecule has 0 saturated heterocycles. The smallest absolute Gasteiger partial charge is 0.338 e. The second kappa shape index (κ2) is 11.2. The number of esters is 1. The number of benzene rings is 3. The molecule has 0 bridgehead atoms. The Morgan fingerprint density at radius 3 is 2.11 bits per heavy atom. The summed E-state index contributed by atoms with van der Waals surface area (Å²) in [5.74, 6) is 0.413. The van der Waals surface area contributed by atoms with Crippen LogP contribution in [0.25, 0.3) is 0 Å². The molecule has 0 atom stereocenters. The van der Waals surface area contributed by atoms with E-state index in [0.29, 0.717) is 18.7 Å². The van der Waals surface area contributed by atoms with E-state index in [-0.39, 0.29) is 23.7 Å².